The third-order valence-corrected chi connectivity index (χ3v) is 4.74. The molecule has 2 atom stereocenters. The van der Waals surface area contributed by atoms with Crippen LogP contribution in [0.2, 0.25) is 0 Å². The van der Waals surface area contributed by atoms with E-state index in [1.807, 2.05) is 0 Å². The first-order valence-electron chi connectivity index (χ1n) is 5.89. The van der Waals surface area contributed by atoms with E-state index in [0.717, 1.165) is 21.9 Å². The van der Waals surface area contributed by atoms with Crippen LogP contribution in [-0.4, -0.2) is 17.1 Å². The minimum atomic E-state index is 0.524. The molecule has 17 heavy (non-hydrogen) atoms. The van der Waals surface area contributed by atoms with Crippen LogP contribution in [-0.2, 0) is 11.3 Å². The zero-order valence-corrected chi connectivity index (χ0v) is 12.5. The predicted octanol–water partition coefficient (Wildman–Crippen LogP) is 3.95. The summed E-state index contributed by atoms with van der Waals surface area (Å²) in [6.07, 6.45) is 3.68. The van der Waals surface area contributed by atoms with Crippen molar-refractivity contribution in [2.75, 3.05) is 7.11 Å². The zero-order chi connectivity index (χ0) is 12.4. The van der Waals surface area contributed by atoms with Crippen LogP contribution in [0, 0.1) is 10.6 Å². The fourth-order valence-corrected chi connectivity index (χ4v) is 2.94. The normalized spacial score (nSPS) is 24.2. The summed E-state index contributed by atoms with van der Waals surface area (Å²) in [6, 6.07) is 0. The van der Waals surface area contributed by atoms with E-state index in [1.165, 1.54) is 19.3 Å². The Labute approximate surface area is 115 Å². The largest absolute Gasteiger partial charge is 0.378 e. The van der Waals surface area contributed by atoms with E-state index in [1.54, 1.807) is 7.11 Å². The average Bonchev–Trinajstić information content (AvgIpc) is 2.71. The van der Waals surface area contributed by atoms with Crippen molar-refractivity contribution in [2.24, 2.45) is 5.92 Å². The number of aromatic amines is 1. The molecule has 2 unspecified atom stereocenters. The topological polar surface area (TPSA) is 37.9 Å². The lowest BCUT2D eigenvalue weighted by atomic mass is 10.1. The van der Waals surface area contributed by atoms with Crippen molar-refractivity contribution in [2.45, 2.75) is 38.7 Å². The number of nitrogens with one attached hydrogen (secondary N) is 1. The Morgan fingerprint density at radius 1 is 1.53 bits per heavy atom. The van der Waals surface area contributed by atoms with Gasteiger partial charge >= 0.3 is 0 Å². The Morgan fingerprint density at radius 3 is 2.88 bits per heavy atom. The monoisotopic (exact) mass is 316 g/mol. The van der Waals surface area contributed by atoms with E-state index < -0.39 is 0 Å². The van der Waals surface area contributed by atoms with Crippen molar-refractivity contribution < 1.29 is 4.74 Å². The Bertz CT molecular complexity index is 460. The summed E-state index contributed by atoms with van der Waals surface area (Å²) >= 11 is 8.73. The van der Waals surface area contributed by atoms with E-state index in [-0.39, 0.29) is 0 Å². The van der Waals surface area contributed by atoms with Gasteiger partial charge in [-0.1, -0.05) is 19.1 Å². The number of hydrogen-bond acceptors (Lipinski definition) is 3. The first kappa shape index (κ1) is 13.2. The molecule has 3 nitrogen and oxygen atoms in total. The highest BCUT2D eigenvalue weighted by Gasteiger charge is 2.25. The van der Waals surface area contributed by atoms with Crippen LogP contribution in [0.3, 0.4) is 0 Å². The molecule has 1 saturated carbocycles. The number of rotatable bonds is 3. The van der Waals surface area contributed by atoms with Crippen LogP contribution < -0.4 is 0 Å². The maximum atomic E-state index is 5.27. The molecule has 0 aromatic carbocycles. The second kappa shape index (κ2) is 5.59. The molecule has 2 rings (SSSR count). The number of ether oxygens (including phenoxy) is 1. The summed E-state index contributed by atoms with van der Waals surface area (Å²) in [5.74, 6) is 2.34. The summed E-state index contributed by atoms with van der Waals surface area (Å²) in [4.78, 5) is 7.86. The zero-order valence-electron chi connectivity index (χ0n) is 10.1. The molecule has 0 aliphatic heterocycles. The number of hydrogen-bond donors (Lipinski definition) is 1. The third kappa shape index (κ3) is 2.95. The predicted molar refractivity (Wildman–Crippen MR) is 73.6 cm³/mol. The van der Waals surface area contributed by atoms with E-state index in [9.17, 15) is 0 Å². The number of halogens is 1. The molecule has 0 amide bonds. The van der Waals surface area contributed by atoms with Crippen molar-refractivity contribution >= 4 is 28.1 Å². The molecule has 0 bridgehead atoms. The highest BCUT2D eigenvalue weighted by molar-refractivity contribution is 9.10. The van der Waals surface area contributed by atoms with E-state index >= 15 is 0 Å². The van der Waals surface area contributed by atoms with Crippen molar-refractivity contribution in [3.8, 4) is 0 Å². The molecule has 1 aliphatic rings. The molecule has 94 valence electrons. The smallest absolute Gasteiger partial charge is 0.144 e. The number of methoxy groups -OCH3 is 1. The van der Waals surface area contributed by atoms with Crippen molar-refractivity contribution in [3.63, 3.8) is 0 Å². The highest BCUT2D eigenvalue weighted by Crippen LogP contribution is 2.36. The van der Waals surface area contributed by atoms with Crippen LogP contribution >= 0.6 is 28.1 Å². The quantitative estimate of drug-likeness (QED) is 0.858. The highest BCUT2D eigenvalue weighted by atomic mass is 79.9. The Balaban J connectivity index is 2.32. The van der Waals surface area contributed by atoms with Crippen LogP contribution in [0.1, 0.15) is 43.6 Å². The molecule has 1 aromatic heterocycles. The summed E-state index contributed by atoms with van der Waals surface area (Å²) in [6.45, 7) is 2.82. The maximum absolute atomic E-state index is 5.27. The van der Waals surface area contributed by atoms with Gasteiger partial charge in [0.2, 0.25) is 0 Å². The molecule has 1 heterocycles. The Kier molecular flexibility index (Phi) is 4.33. The van der Waals surface area contributed by atoms with Crippen LogP contribution in [0.4, 0.5) is 0 Å². The van der Waals surface area contributed by atoms with Crippen molar-refractivity contribution in [1.29, 1.82) is 0 Å². The molecule has 1 aromatic rings. The SMILES string of the molecule is COCc1[nH]c(C2CCC(C)C2)nc(=S)c1Br. The van der Waals surface area contributed by atoms with Crippen LogP contribution in [0.25, 0.3) is 0 Å². The third-order valence-electron chi connectivity index (χ3n) is 3.32. The molecular formula is C12H17BrN2OS. The number of H-pyrrole nitrogens is 1. The van der Waals surface area contributed by atoms with Gasteiger partial charge in [0.25, 0.3) is 0 Å². The summed E-state index contributed by atoms with van der Waals surface area (Å²) in [7, 11) is 1.68. The van der Waals surface area contributed by atoms with Crippen molar-refractivity contribution in [3.05, 3.63) is 20.6 Å². The van der Waals surface area contributed by atoms with E-state index in [0.29, 0.717) is 17.2 Å². The van der Waals surface area contributed by atoms with Gasteiger partial charge in [-0.2, -0.15) is 0 Å². The summed E-state index contributed by atoms with van der Waals surface area (Å²) < 4.78 is 6.65. The molecule has 0 spiro atoms. The first-order valence-corrected chi connectivity index (χ1v) is 7.09. The lowest BCUT2D eigenvalue weighted by molar-refractivity contribution is 0.180. The lowest BCUT2D eigenvalue weighted by Crippen LogP contribution is -2.06. The number of aromatic nitrogens is 2. The molecule has 1 fully saturated rings. The minimum absolute atomic E-state index is 0.524. The van der Waals surface area contributed by atoms with Gasteiger partial charge in [-0.15, -0.1) is 0 Å². The summed E-state index contributed by atoms with van der Waals surface area (Å²) in [5.41, 5.74) is 0.988. The van der Waals surface area contributed by atoms with Crippen LogP contribution in [0.5, 0.6) is 0 Å². The second-order valence-corrected chi connectivity index (χ2v) is 5.95. The molecule has 0 saturated heterocycles. The van der Waals surface area contributed by atoms with Gasteiger partial charge < -0.3 is 9.72 Å². The summed E-state index contributed by atoms with van der Waals surface area (Å²) in [5, 5.41) is 0. The fourth-order valence-electron chi connectivity index (χ4n) is 2.42. The van der Waals surface area contributed by atoms with Gasteiger partial charge in [0, 0.05) is 13.0 Å². The second-order valence-electron chi connectivity index (χ2n) is 4.77. The van der Waals surface area contributed by atoms with Gasteiger partial charge in [-0.3, -0.25) is 0 Å². The first-order chi connectivity index (χ1) is 8.11. The standard InChI is InChI=1S/C12H17BrN2OS/c1-7-3-4-8(5-7)11-14-9(6-16-2)10(13)12(17)15-11/h7-8H,3-6H2,1-2H3,(H,14,15,17). The molecule has 5 heteroatoms. The van der Waals surface area contributed by atoms with Gasteiger partial charge in [0.05, 0.1) is 16.8 Å². The van der Waals surface area contributed by atoms with E-state index in [4.69, 9.17) is 17.0 Å². The average molecular weight is 317 g/mol. The Hall–Kier alpha value is -0.260. The minimum Gasteiger partial charge on any atom is -0.378 e. The molecule has 0 radical (unpaired) electrons. The molecular weight excluding hydrogens is 300 g/mol. The van der Waals surface area contributed by atoms with Gasteiger partial charge in [0.1, 0.15) is 10.5 Å². The van der Waals surface area contributed by atoms with Gasteiger partial charge in [-0.25, -0.2) is 4.98 Å². The van der Waals surface area contributed by atoms with E-state index in [2.05, 4.69) is 32.8 Å². The Morgan fingerprint density at radius 2 is 2.29 bits per heavy atom. The molecule has 1 aliphatic carbocycles. The van der Waals surface area contributed by atoms with Crippen LogP contribution in [0.15, 0.2) is 4.47 Å². The number of nitrogens with zero attached hydrogens (tertiary/aromatic N) is 1. The molecule has 1 N–H and O–H groups in total. The van der Waals surface area contributed by atoms with Gasteiger partial charge in [0.15, 0.2) is 0 Å². The fraction of sp³-hybridized carbons (Fsp3) is 0.667. The lowest BCUT2D eigenvalue weighted by Gasteiger charge is -2.12. The van der Waals surface area contributed by atoms with Gasteiger partial charge in [-0.05, 0) is 41.1 Å². The van der Waals surface area contributed by atoms with Crippen molar-refractivity contribution in [1.82, 2.24) is 9.97 Å². The maximum Gasteiger partial charge on any atom is 0.144 e.